The first-order valence-electron chi connectivity index (χ1n) is 8.29. The van der Waals surface area contributed by atoms with Crippen LogP contribution in [0.2, 0.25) is 0 Å². The molecule has 2 aromatic carbocycles. The smallest absolute Gasteiger partial charge is 0.231 e. The fourth-order valence-electron chi connectivity index (χ4n) is 3.75. The van der Waals surface area contributed by atoms with Gasteiger partial charge in [-0.05, 0) is 35.2 Å². The van der Waals surface area contributed by atoms with Gasteiger partial charge in [-0.15, -0.1) is 0 Å². The molecule has 0 radical (unpaired) electrons. The fourth-order valence-corrected chi connectivity index (χ4v) is 3.75. The topological polar surface area (TPSA) is 40.8 Å². The molecule has 134 valence electrons. The number of pyridine rings is 1. The summed E-state index contributed by atoms with van der Waals surface area (Å²) in [7, 11) is 3.34. The number of methoxy groups -OCH3 is 2. The number of rotatable bonds is 2. The van der Waals surface area contributed by atoms with Gasteiger partial charge in [-0.2, -0.15) is 4.57 Å². The lowest BCUT2D eigenvalue weighted by Crippen LogP contribution is -3.00. The van der Waals surface area contributed by atoms with Crippen molar-refractivity contribution < 1.29 is 35.9 Å². The van der Waals surface area contributed by atoms with Gasteiger partial charge in [0.1, 0.15) is 0 Å². The second-order valence-electron chi connectivity index (χ2n) is 6.27. The molecule has 0 amide bonds. The molecule has 0 saturated heterocycles. The van der Waals surface area contributed by atoms with E-state index >= 15 is 0 Å². The highest BCUT2D eigenvalue weighted by molar-refractivity contribution is 5.92. The highest BCUT2D eigenvalue weighted by Gasteiger charge is 2.28. The van der Waals surface area contributed by atoms with E-state index < -0.39 is 0 Å². The first-order valence-corrected chi connectivity index (χ1v) is 8.29. The summed E-state index contributed by atoms with van der Waals surface area (Å²) >= 11 is 0. The maximum atomic E-state index is 5.67. The number of hydrogen-bond acceptors (Lipinski definition) is 4. The highest BCUT2D eigenvalue weighted by atomic mass is 35.5. The van der Waals surface area contributed by atoms with Crippen molar-refractivity contribution in [3.8, 4) is 34.3 Å². The maximum absolute atomic E-state index is 5.67. The van der Waals surface area contributed by atoms with E-state index in [1.165, 1.54) is 16.8 Å². The summed E-state index contributed by atoms with van der Waals surface area (Å²) in [6.45, 7) is 1.20. The summed E-state index contributed by atoms with van der Waals surface area (Å²) in [4.78, 5) is 0. The number of aromatic nitrogens is 1. The zero-order valence-electron chi connectivity index (χ0n) is 14.5. The van der Waals surface area contributed by atoms with Crippen LogP contribution < -0.4 is 35.9 Å². The molecule has 0 fully saturated rings. The molecule has 0 atom stereocenters. The van der Waals surface area contributed by atoms with Gasteiger partial charge in [-0.1, -0.05) is 0 Å². The predicted octanol–water partition coefficient (Wildman–Crippen LogP) is 0.100. The monoisotopic (exact) mass is 371 g/mol. The van der Waals surface area contributed by atoms with Crippen molar-refractivity contribution in [3.63, 3.8) is 0 Å². The zero-order valence-corrected chi connectivity index (χ0v) is 15.3. The minimum absolute atomic E-state index is 0. The van der Waals surface area contributed by atoms with Crippen LogP contribution in [0.25, 0.3) is 22.0 Å². The Morgan fingerprint density at radius 2 is 1.81 bits per heavy atom. The third kappa shape index (κ3) is 2.35. The number of ether oxygens (including phenoxy) is 4. The van der Waals surface area contributed by atoms with Crippen LogP contribution in [0.5, 0.6) is 23.0 Å². The van der Waals surface area contributed by atoms with E-state index in [1.54, 1.807) is 14.2 Å². The summed E-state index contributed by atoms with van der Waals surface area (Å²) < 4.78 is 24.4. The van der Waals surface area contributed by atoms with Crippen LogP contribution in [0.15, 0.2) is 36.5 Å². The summed E-state index contributed by atoms with van der Waals surface area (Å²) in [5.41, 5.74) is 3.63. The number of hydrogen-bond donors (Lipinski definition) is 0. The standard InChI is InChI=1S/C20H18NO4.ClH/c1-22-18-8-13-5-6-21-10-15-12(3-4-17-20(15)25-11-24-17)7-16(21)14(13)9-19(18)23-2;/h3-4,7-10H,5-6,11H2,1-2H3;1H/q+1;/p-1. The number of halogens is 1. The van der Waals surface area contributed by atoms with E-state index in [4.69, 9.17) is 18.9 Å². The molecular weight excluding hydrogens is 354 g/mol. The van der Waals surface area contributed by atoms with Crippen LogP contribution in [0.4, 0.5) is 0 Å². The molecule has 5 rings (SSSR count). The molecular formula is C20H18ClNO4. The Balaban J connectivity index is 0.00000168. The Kier molecular flexibility index (Phi) is 4.04. The van der Waals surface area contributed by atoms with E-state index in [2.05, 4.69) is 35.0 Å². The summed E-state index contributed by atoms with van der Waals surface area (Å²) in [6.07, 6.45) is 3.11. The van der Waals surface area contributed by atoms with Gasteiger partial charge in [0.15, 0.2) is 35.7 Å². The lowest BCUT2D eigenvalue weighted by molar-refractivity contribution is -0.686. The lowest BCUT2D eigenvalue weighted by atomic mass is 9.95. The van der Waals surface area contributed by atoms with Crippen molar-refractivity contribution in [1.82, 2.24) is 0 Å². The number of nitrogens with zero attached hydrogens (tertiary/aromatic N) is 1. The van der Waals surface area contributed by atoms with Crippen molar-refractivity contribution in [2.24, 2.45) is 0 Å². The van der Waals surface area contributed by atoms with Crippen LogP contribution in [-0.4, -0.2) is 21.0 Å². The van der Waals surface area contributed by atoms with E-state index in [0.29, 0.717) is 0 Å². The van der Waals surface area contributed by atoms with Gasteiger partial charge in [0.25, 0.3) is 0 Å². The molecule has 6 heteroatoms. The van der Waals surface area contributed by atoms with Gasteiger partial charge >= 0.3 is 0 Å². The van der Waals surface area contributed by atoms with Crippen molar-refractivity contribution in [2.45, 2.75) is 13.0 Å². The Morgan fingerprint density at radius 1 is 1.00 bits per heavy atom. The number of aryl methyl sites for hydroxylation is 2. The minimum Gasteiger partial charge on any atom is -1.00 e. The minimum atomic E-state index is 0. The molecule has 0 bridgehead atoms. The first kappa shape index (κ1) is 16.8. The number of fused-ring (bicyclic) bond motifs is 6. The Morgan fingerprint density at radius 3 is 2.62 bits per heavy atom. The molecule has 0 saturated carbocycles. The van der Waals surface area contributed by atoms with Gasteiger partial charge < -0.3 is 31.4 Å². The van der Waals surface area contributed by atoms with Gasteiger partial charge in [0.2, 0.25) is 12.5 Å². The molecule has 0 spiro atoms. The van der Waals surface area contributed by atoms with Crippen LogP contribution in [0.1, 0.15) is 5.56 Å². The third-order valence-corrected chi connectivity index (χ3v) is 5.01. The van der Waals surface area contributed by atoms with Crippen LogP contribution in [0.3, 0.4) is 0 Å². The second-order valence-corrected chi connectivity index (χ2v) is 6.27. The molecule has 0 unspecified atom stereocenters. The van der Waals surface area contributed by atoms with Crippen LogP contribution >= 0.6 is 0 Å². The third-order valence-electron chi connectivity index (χ3n) is 5.01. The zero-order chi connectivity index (χ0) is 17.0. The summed E-state index contributed by atoms with van der Waals surface area (Å²) in [5, 5.41) is 2.22. The molecule has 0 aliphatic carbocycles. The van der Waals surface area contributed by atoms with Crippen molar-refractivity contribution in [1.29, 1.82) is 0 Å². The first-order chi connectivity index (χ1) is 12.3. The molecule has 0 N–H and O–H groups in total. The molecule has 3 heterocycles. The van der Waals surface area contributed by atoms with Crippen LogP contribution in [-0.2, 0) is 13.0 Å². The molecule has 2 aliphatic rings. The Hall–Kier alpha value is -2.66. The van der Waals surface area contributed by atoms with E-state index in [-0.39, 0.29) is 19.2 Å². The van der Waals surface area contributed by atoms with Crippen LogP contribution in [0, 0.1) is 0 Å². The molecule has 5 nitrogen and oxygen atoms in total. The Bertz CT molecular complexity index is 1020. The Labute approximate surface area is 157 Å². The van der Waals surface area contributed by atoms with Crippen molar-refractivity contribution in [3.05, 3.63) is 42.1 Å². The molecule has 2 aliphatic heterocycles. The van der Waals surface area contributed by atoms with Gasteiger partial charge in [0.05, 0.1) is 25.2 Å². The largest absolute Gasteiger partial charge is 1.00 e. The normalized spacial score (nSPS) is 13.6. The average molecular weight is 372 g/mol. The van der Waals surface area contributed by atoms with Crippen molar-refractivity contribution >= 4 is 10.8 Å². The SMILES string of the molecule is COc1cc2c(cc1OC)-c1cc3ccc4c(c3c[n+]1CC2)OCO4.[Cl-]. The van der Waals surface area contributed by atoms with Gasteiger partial charge in [0, 0.05) is 12.5 Å². The van der Waals surface area contributed by atoms with E-state index in [1.807, 2.05) is 6.07 Å². The van der Waals surface area contributed by atoms with E-state index in [9.17, 15) is 0 Å². The summed E-state index contributed by atoms with van der Waals surface area (Å²) in [6, 6.07) is 10.4. The maximum Gasteiger partial charge on any atom is 0.231 e. The predicted molar refractivity (Wildman–Crippen MR) is 92.5 cm³/mol. The van der Waals surface area contributed by atoms with Gasteiger partial charge in [-0.25, -0.2) is 0 Å². The average Bonchev–Trinajstić information content (AvgIpc) is 3.14. The molecule has 3 aromatic rings. The molecule has 1 aromatic heterocycles. The quantitative estimate of drug-likeness (QED) is 0.599. The highest BCUT2D eigenvalue weighted by Crippen LogP contribution is 2.41. The fraction of sp³-hybridized carbons (Fsp3) is 0.250. The van der Waals surface area contributed by atoms with E-state index in [0.717, 1.165) is 46.7 Å². The second kappa shape index (κ2) is 6.25. The molecule has 26 heavy (non-hydrogen) atoms. The van der Waals surface area contributed by atoms with Crippen molar-refractivity contribution in [2.75, 3.05) is 21.0 Å². The lowest BCUT2D eigenvalue weighted by Gasteiger charge is -2.18. The number of benzene rings is 2. The summed E-state index contributed by atoms with van der Waals surface area (Å²) in [5.74, 6) is 3.18. The van der Waals surface area contributed by atoms with Gasteiger partial charge in [-0.3, -0.25) is 0 Å².